The van der Waals surface area contributed by atoms with E-state index in [4.69, 9.17) is 0 Å². The summed E-state index contributed by atoms with van der Waals surface area (Å²) in [6.07, 6.45) is 3.58. The average molecular weight is 218 g/mol. The fourth-order valence-electron chi connectivity index (χ4n) is 1.62. The van der Waals surface area contributed by atoms with Crippen LogP contribution in [0.2, 0.25) is 0 Å². The molecule has 0 aliphatic heterocycles. The van der Waals surface area contributed by atoms with Gasteiger partial charge in [-0.2, -0.15) is 0 Å². The fourth-order valence-corrected chi connectivity index (χ4v) is 1.62. The molecule has 0 atom stereocenters. The summed E-state index contributed by atoms with van der Waals surface area (Å²) in [5.74, 6) is 0. The van der Waals surface area contributed by atoms with Crippen LogP contribution in [0.25, 0.3) is 0 Å². The Bertz CT molecular complexity index is 350. The van der Waals surface area contributed by atoms with Gasteiger partial charge in [-0.05, 0) is 31.7 Å². The summed E-state index contributed by atoms with van der Waals surface area (Å²) in [6.45, 7) is 4.49. The summed E-state index contributed by atoms with van der Waals surface area (Å²) in [7, 11) is 2.03. The van der Waals surface area contributed by atoms with Gasteiger partial charge in [0.15, 0.2) is 0 Å². The molecule has 0 radical (unpaired) electrons. The van der Waals surface area contributed by atoms with Gasteiger partial charge in [-0.3, -0.25) is 4.99 Å². The van der Waals surface area contributed by atoms with E-state index in [1.807, 2.05) is 31.3 Å². The number of anilines is 1. The molecule has 0 aliphatic carbocycles. The lowest BCUT2D eigenvalue weighted by atomic mass is 10.2. The van der Waals surface area contributed by atoms with Crippen molar-refractivity contribution in [2.75, 3.05) is 18.5 Å². The SMILES string of the molecule is C=Nc1ccccc1N(C)CCCCC=O. The third kappa shape index (κ3) is 3.50. The molecule has 0 aromatic heterocycles. The number of aliphatic imine (C=N–C) groups is 1. The number of unbranched alkanes of at least 4 members (excludes halogenated alkanes) is 2. The molecule has 0 amide bonds. The van der Waals surface area contributed by atoms with Gasteiger partial charge in [0.2, 0.25) is 0 Å². The molecular weight excluding hydrogens is 200 g/mol. The topological polar surface area (TPSA) is 32.7 Å². The van der Waals surface area contributed by atoms with Crippen LogP contribution >= 0.6 is 0 Å². The third-order valence-electron chi connectivity index (χ3n) is 2.53. The lowest BCUT2D eigenvalue weighted by Gasteiger charge is -2.20. The first-order valence-electron chi connectivity index (χ1n) is 5.50. The van der Waals surface area contributed by atoms with Gasteiger partial charge in [0.1, 0.15) is 6.29 Å². The quantitative estimate of drug-likeness (QED) is 0.400. The fraction of sp³-hybridized carbons (Fsp3) is 0.385. The van der Waals surface area contributed by atoms with Crippen molar-refractivity contribution in [1.82, 2.24) is 0 Å². The van der Waals surface area contributed by atoms with Crippen molar-refractivity contribution in [3.8, 4) is 0 Å². The molecule has 86 valence electrons. The molecule has 16 heavy (non-hydrogen) atoms. The van der Waals surface area contributed by atoms with Crippen LogP contribution in [0.4, 0.5) is 11.4 Å². The number of aldehydes is 1. The van der Waals surface area contributed by atoms with Gasteiger partial charge < -0.3 is 9.69 Å². The maximum Gasteiger partial charge on any atom is 0.119 e. The number of hydrogen-bond acceptors (Lipinski definition) is 3. The maximum atomic E-state index is 10.2. The Balaban J connectivity index is 2.54. The Morgan fingerprint density at radius 3 is 2.81 bits per heavy atom. The zero-order chi connectivity index (χ0) is 11.8. The number of hydrogen-bond donors (Lipinski definition) is 0. The van der Waals surface area contributed by atoms with Crippen LogP contribution in [0, 0.1) is 0 Å². The average Bonchev–Trinajstić information content (AvgIpc) is 2.34. The second-order valence-electron chi connectivity index (χ2n) is 3.73. The Morgan fingerprint density at radius 1 is 1.38 bits per heavy atom. The van der Waals surface area contributed by atoms with Crippen LogP contribution in [0.5, 0.6) is 0 Å². The third-order valence-corrected chi connectivity index (χ3v) is 2.53. The van der Waals surface area contributed by atoms with Crippen molar-refractivity contribution in [1.29, 1.82) is 0 Å². The molecule has 3 heteroatoms. The van der Waals surface area contributed by atoms with Gasteiger partial charge in [0.25, 0.3) is 0 Å². The molecule has 1 rings (SSSR count). The minimum atomic E-state index is 0.648. The van der Waals surface area contributed by atoms with Crippen LogP contribution in [-0.4, -0.2) is 26.6 Å². The predicted molar refractivity (Wildman–Crippen MR) is 68.8 cm³/mol. The van der Waals surface area contributed by atoms with E-state index in [1.54, 1.807) is 0 Å². The van der Waals surface area contributed by atoms with Crippen molar-refractivity contribution in [2.24, 2.45) is 4.99 Å². The standard InChI is InChI=1S/C13H18N2O/c1-14-12-8-4-5-9-13(12)15(2)10-6-3-7-11-16/h4-5,8-9,11H,1,3,6-7,10H2,2H3. The van der Waals surface area contributed by atoms with Gasteiger partial charge >= 0.3 is 0 Å². The summed E-state index contributed by atoms with van der Waals surface area (Å²) in [5, 5.41) is 0. The lowest BCUT2D eigenvalue weighted by molar-refractivity contribution is -0.107. The molecule has 3 nitrogen and oxygen atoms in total. The first kappa shape index (κ1) is 12.4. The number of carbonyl (C=O) groups excluding carboxylic acids is 1. The second-order valence-corrected chi connectivity index (χ2v) is 3.73. The summed E-state index contributed by atoms with van der Waals surface area (Å²) in [4.78, 5) is 16.3. The smallest absolute Gasteiger partial charge is 0.119 e. The number of carbonyl (C=O) groups is 1. The predicted octanol–water partition coefficient (Wildman–Crippen LogP) is 2.82. The van der Waals surface area contributed by atoms with E-state index in [0.717, 1.165) is 37.0 Å². The monoisotopic (exact) mass is 218 g/mol. The van der Waals surface area contributed by atoms with E-state index < -0.39 is 0 Å². The maximum absolute atomic E-state index is 10.2. The highest BCUT2D eigenvalue weighted by Crippen LogP contribution is 2.26. The van der Waals surface area contributed by atoms with Crippen LogP contribution in [0.15, 0.2) is 29.3 Å². The van der Waals surface area contributed by atoms with Crippen LogP contribution < -0.4 is 4.90 Å². The largest absolute Gasteiger partial charge is 0.373 e. The zero-order valence-corrected chi connectivity index (χ0v) is 9.72. The van der Waals surface area contributed by atoms with E-state index in [0.29, 0.717) is 6.42 Å². The number of rotatable bonds is 7. The van der Waals surface area contributed by atoms with Crippen molar-refractivity contribution < 1.29 is 4.79 Å². The Morgan fingerprint density at radius 2 is 2.12 bits per heavy atom. The molecule has 1 aromatic rings. The highest BCUT2D eigenvalue weighted by atomic mass is 16.1. The summed E-state index contributed by atoms with van der Waals surface area (Å²) < 4.78 is 0. The molecule has 0 bridgehead atoms. The highest BCUT2D eigenvalue weighted by Gasteiger charge is 2.04. The number of nitrogens with zero attached hydrogens (tertiary/aromatic N) is 2. The van der Waals surface area contributed by atoms with Crippen molar-refractivity contribution >= 4 is 24.4 Å². The van der Waals surface area contributed by atoms with Gasteiger partial charge in [0, 0.05) is 20.0 Å². The number of benzene rings is 1. The molecule has 0 aliphatic rings. The van der Waals surface area contributed by atoms with Gasteiger partial charge in [-0.1, -0.05) is 12.1 Å². The Kier molecular flexibility index (Phi) is 5.26. The van der Waals surface area contributed by atoms with E-state index in [-0.39, 0.29) is 0 Å². The summed E-state index contributed by atoms with van der Waals surface area (Å²) >= 11 is 0. The van der Waals surface area contributed by atoms with Crippen LogP contribution in [-0.2, 0) is 4.79 Å². The van der Waals surface area contributed by atoms with E-state index in [2.05, 4.69) is 16.6 Å². The molecule has 0 unspecified atom stereocenters. The molecular formula is C13H18N2O. The second kappa shape index (κ2) is 6.77. The lowest BCUT2D eigenvalue weighted by Crippen LogP contribution is -2.18. The van der Waals surface area contributed by atoms with Crippen molar-refractivity contribution in [3.63, 3.8) is 0 Å². The van der Waals surface area contributed by atoms with Crippen LogP contribution in [0.1, 0.15) is 19.3 Å². The minimum Gasteiger partial charge on any atom is -0.373 e. The van der Waals surface area contributed by atoms with Gasteiger partial charge in [-0.15, -0.1) is 0 Å². The minimum absolute atomic E-state index is 0.648. The normalized spacial score (nSPS) is 9.81. The summed E-state index contributed by atoms with van der Waals surface area (Å²) in [6, 6.07) is 7.92. The molecule has 0 spiro atoms. The van der Waals surface area contributed by atoms with E-state index in [9.17, 15) is 4.79 Å². The Hall–Kier alpha value is -1.64. The molecule has 0 N–H and O–H groups in total. The molecule has 1 aromatic carbocycles. The van der Waals surface area contributed by atoms with E-state index in [1.165, 1.54) is 0 Å². The van der Waals surface area contributed by atoms with Gasteiger partial charge in [0.05, 0.1) is 11.4 Å². The molecule has 0 fully saturated rings. The molecule has 0 saturated carbocycles. The van der Waals surface area contributed by atoms with Gasteiger partial charge in [-0.25, -0.2) is 0 Å². The number of para-hydroxylation sites is 2. The van der Waals surface area contributed by atoms with Crippen LogP contribution in [0.3, 0.4) is 0 Å². The van der Waals surface area contributed by atoms with Crippen molar-refractivity contribution in [2.45, 2.75) is 19.3 Å². The first-order valence-corrected chi connectivity index (χ1v) is 5.50. The highest BCUT2D eigenvalue weighted by molar-refractivity contribution is 5.68. The van der Waals surface area contributed by atoms with Crippen molar-refractivity contribution in [3.05, 3.63) is 24.3 Å². The molecule has 0 heterocycles. The Labute approximate surface area is 96.8 Å². The first-order chi connectivity index (χ1) is 7.79. The molecule has 0 saturated heterocycles. The summed E-state index contributed by atoms with van der Waals surface area (Å²) in [5.41, 5.74) is 1.99. The zero-order valence-electron chi connectivity index (χ0n) is 9.72. The van der Waals surface area contributed by atoms with E-state index >= 15 is 0 Å².